The summed E-state index contributed by atoms with van der Waals surface area (Å²) >= 11 is 0. The van der Waals surface area contributed by atoms with Crippen molar-refractivity contribution >= 4 is 16.9 Å². The van der Waals surface area contributed by atoms with Crippen LogP contribution in [-0.2, 0) is 9.53 Å². The molecule has 1 aliphatic rings. The lowest BCUT2D eigenvalue weighted by atomic mass is 9.99. The Morgan fingerprint density at radius 2 is 1.58 bits per heavy atom. The number of carboxylic acid groups (broad SMARTS) is 1. The molecule has 12 nitrogen and oxygen atoms in total. The van der Waals surface area contributed by atoms with Crippen molar-refractivity contribution in [1.82, 2.24) is 0 Å². The Kier molecular flexibility index (Phi) is 5.59. The van der Waals surface area contributed by atoms with Crippen LogP contribution in [-0.4, -0.2) is 72.4 Å². The number of aromatic hydroxyl groups is 3. The fourth-order valence-corrected chi connectivity index (χ4v) is 3.44. The van der Waals surface area contributed by atoms with E-state index in [0.717, 1.165) is 12.1 Å². The van der Waals surface area contributed by atoms with Crippen molar-refractivity contribution < 1.29 is 54.4 Å². The van der Waals surface area contributed by atoms with Crippen LogP contribution in [0.1, 0.15) is 0 Å². The maximum absolute atomic E-state index is 13.2. The number of aliphatic hydroxyl groups excluding tert-OH is 3. The first-order chi connectivity index (χ1) is 15.6. The first kappa shape index (κ1) is 22.4. The van der Waals surface area contributed by atoms with Crippen LogP contribution < -0.4 is 10.2 Å². The Morgan fingerprint density at radius 1 is 0.909 bits per heavy atom. The number of phenols is 3. The van der Waals surface area contributed by atoms with Gasteiger partial charge in [-0.25, -0.2) is 4.79 Å². The molecule has 0 aliphatic carbocycles. The number of aliphatic hydroxyl groups is 3. The molecule has 0 spiro atoms. The third-order valence-corrected chi connectivity index (χ3v) is 5.09. The molecule has 174 valence electrons. The molecule has 0 bridgehead atoms. The van der Waals surface area contributed by atoms with Crippen molar-refractivity contribution in [3.05, 3.63) is 46.6 Å². The number of carbonyl (C=O) groups is 1. The molecule has 2 heterocycles. The second-order valence-electron chi connectivity index (χ2n) is 7.33. The summed E-state index contributed by atoms with van der Waals surface area (Å²) in [6, 6.07) is 7.20. The molecule has 3 aromatic rings. The van der Waals surface area contributed by atoms with Gasteiger partial charge in [0.15, 0.2) is 11.9 Å². The minimum Gasteiger partial charge on any atom is -0.508 e. The molecule has 12 heteroatoms. The van der Waals surface area contributed by atoms with Crippen LogP contribution in [0.2, 0.25) is 0 Å². The van der Waals surface area contributed by atoms with E-state index in [-0.39, 0.29) is 22.7 Å². The monoisotopic (exact) mass is 462 g/mol. The molecule has 0 saturated carbocycles. The third-order valence-electron chi connectivity index (χ3n) is 5.09. The maximum atomic E-state index is 13.2. The minimum atomic E-state index is -1.99. The lowest BCUT2D eigenvalue weighted by Gasteiger charge is -2.38. The Balaban J connectivity index is 1.89. The summed E-state index contributed by atoms with van der Waals surface area (Å²) in [7, 11) is 0. The fourth-order valence-electron chi connectivity index (χ4n) is 3.44. The van der Waals surface area contributed by atoms with Gasteiger partial charge < -0.3 is 49.6 Å². The zero-order valence-corrected chi connectivity index (χ0v) is 16.5. The standard InChI is InChI=1S/C21H18O12/c22-8-3-1-7(2-4-8)17-18(13(25)12-10(24)5-9(23)6-11(12)31-17)32-21-16(28)14(26)15(27)19(33-21)20(29)30/h1-6,14-16,19,21-24,26-28H,(H,29,30)/t14-,15-,16+,19-,21-/m1/s1. The predicted octanol–water partition coefficient (Wildman–Crippen LogP) is -0.152. The van der Waals surface area contributed by atoms with Crippen molar-refractivity contribution in [2.45, 2.75) is 30.7 Å². The van der Waals surface area contributed by atoms with Crippen molar-refractivity contribution in [2.24, 2.45) is 0 Å². The molecule has 0 radical (unpaired) electrons. The average molecular weight is 462 g/mol. The predicted molar refractivity (Wildman–Crippen MR) is 108 cm³/mol. The summed E-state index contributed by atoms with van der Waals surface area (Å²) in [6.45, 7) is 0. The fraction of sp³-hybridized carbons (Fsp3) is 0.238. The Labute approximate surface area is 183 Å². The number of rotatable bonds is 4. The second-order valence-corrected chi connectivity index (χ2v) is 7.33. The van der Waals surface area contributed by atoms with Crippen LogP contribution in [0.25, 0.3) is 22.3 Å². The van der Waals surface area contributed by atoms with E-state index in [1.807, 2.05) is 0 Å². The zero-order chi connectivity index (χ0) is 24.0. The van der Waals surface area contributed by atoms with Gasteiger partial charge in [0.05, 0.1) is 0 Å². The van der Waals surface area contributed by atoms with E-state index in [1.165, 1.54) is 24.3 Å². The van der Waals surface area contributed by atoms with E-state index in [2.05, 4.69) is 0 Å². The molecule has 7 N–H and O–H groups in total. The Hall–Kier alpha value is -3.84. The summed E-state index contributed by atoms with van der Waals surface area (Å²) in [5, 5.41) is 68.4. The largest absolute Gasteiger partial charge is 0.508 e. The molecule has 33 heavy (non-hydrogen) atoms. The van der Waals surface area contributed by atoms with Gasteiger partial charge in [-0.1, -0.05) is 0 Å². The number of benzene rings is 2. The average Bonchev–Trinajstić information content (AvgIpc) is 2.75. The molecular formula is C21H18O12. The number of hydrogen-bond acceptors (Lipinski definition) is 11. The number of hydrogen-bond donors (Lipinski definition) is 7. The van der Waals surface area contributed by atoms with Crippen molar-refractivity contribution in [1.29, 1.82) is 0 Å². The van der Waals surface area contributed by atoms with Crippen LogP contribution in [0.15, 0.2) is 45.6 Å². The van der Waals surface area contributed by atoms with Gasteiger partial charge in [-0.05, 0) is 24.3 Å². The van der Waals surface area contributed by atoms with Crippen LogP contribution >= 0.6 is 0 Å². The van der Waals surface area contributed by atoms with E-state index in [4.69, 9.17) is 13.9 Å². The number of aliphatic carboxylic acids is 1. The quantitative estimate of drug-likeness (QED) is 0.270. The maximum Gasteiger partial charge on any atom is 0.335 e. The lowest BCUT2D eigenvalue weighted by Crippen LogP contribution is -2.61. The summed E-state index contributed by atoms with van der Waals surface area (Å²) in [5.74, 6) is -3.72. The Morgan fingerprint density at radius 3 is 2.21 bits per heavy atom. The number of carboxylic acids is 1. The SMILES string of the molecule is O=C(O)[C@@H]1O[C@@H](Oc2c(-c3ccc(O)cc3)oc3cc(O)cc(O)c3c2=O)[C@@H](O)[C@H](O)[C@H]1O. The number of fused-ring (bicyclic) bond motifs is 1. The van der Waals surface area contributed by atoms with Crippen molar-refractivity contribution in [2.75, 3.05) is 0 Å². The number of ether oxygens (including phenoxy) is 2. The normalized spacial score (nSPS) is 25.1. The summed E-state index contributed by atoms with van der Waals surface area (Å²) < 4.78 is 16.2. The highest BCUT2D eigenvalue weighted by molar-refractivity contribution is 5.88. The highest BCUT2D eigenvalue weighted by Crippen LogP contribution is 2.37. The smallest absolute Gasteiger partial charge is 0.335 e. The summed E-state index contributed by atoms with van der Waals surface area (Å²) in [5.41, 5.74) is -1.01. The van der Waals surface area contributed by atoms with Gasteiger partial charge in [-0.15, -0.1) is 0 Å². The molecule has 0 amide bonds. The molecule has 5 atom stereocenters. The van der Waals surface area contributed by atoms with Crippen molar-refractivity contribution in [3.63, 3.8) is 0 Å². The molecular weight excluding hydrogens is 444 g/mol. The lowest BCUT2D eigenvalue weighted by molar-refractivity contribution is -0.271. The Bertz CT molecular complexity index is 1260. The molecule has 4 rings (SSSR count). The highest BCUT2D eigenvalue weighted by Gasteiger charge is 2.48. The molecule has 1 saturated heterocycles. The molecule has 2 aromatic carbocycles. The van der Waals surface area contributed by atoms with Gasteiger partial charge in [0, 0.05) is 17.7 Å². The van der Waals surface area contributed by atoms with E-state index in [1.54, 1.807) is 0 Å². The van der Waals surface area contributed by atoms with Crippen LogP contribution in [0, 0.1) is 0 Å². The summed E-state index contributed by atoms with van der Waals surface area (Å²) in [4.78, 5) is 24.6. The highest BCUT2D eigenvalue weighted by atomic mass is 16.7. The van der Waals surface area contributed by atoms with E-state index in [0.29, 0.717) is 0 Å². The first-order valence-corrected chi connectivity index (χ1v) is 9.49. The van der Waals surface area contributed by atoms with Gasteiger partial charge in [-0.2, -0.15) is 0 Å². The topological polar surface area (TPSA) is 207 Å². The first-order valence-electron chi connectivity index (χ1n) is 9.49. The van der Waals surface area contributed by atoms with Gasteiger partial charge in [0.2, 0.25) is 17.5 Å². The molecule has 1 fully saturated rings. The van der Waals surface area contributed by atoms with E-state index in [9.17, 15) is 45.3 Å². The molecule has 1 aromatic heterocycles. The van der Waals surface area contributed by atoms with Crippen LogP contribution in [0.5, 0.6) is 23.0 Å². The minimum absolute atomic E-state index is 0.105. The van der Waals surface area contributed by atoms with Gasteiger partial charge in [0.1, 0.15) is 46.5 Å². The molecule has 1 aliphatic heterocycles. The van der Waals surface area contributed by atoms with E-state index < -0.39 is 64.7 Å². The zero-order valence-electron chi connectivity index (χ0n) is 16.5. The second kappa shape index (κ2) is 8.26. The van der Waals surface area contributed by atoms with Crippen molar-refractivity contribution in [3.8, 4) is 34.3 Å². The van der Waals surface area contributed by atoms with Gasteiger partial charge in [0.25, 0.3) is 0 Å². The summed E-state index contributed by atoms with van der Waals surface area (Å²) in [6.07, 6.45) is -9.84. The van der Waals surface area contributed by atoms with E-state index >= 15 is 0 Å². The van der Waals surface area contributed by atoms with Gasteiger partial charge >= 0.3 is 5.97 Å². The number of phenolic OH excluding ortho intramolecular Hbond substituents is 3. The van der Waals surface area contributed by atoms with Crippen LogP contribution in [0.3, 0.4) is 0 Å². The molecule has 0 unspecified atom stereocenters. The third kappa shape index (κ3) is 3.91. The van der Waals surface area contributed by atoms with Gasteiger partial charge in [-0.3, -0.25) is 4.79 Å². The van der Waals surface area contributed by atoms with Crippen LogP contribution in [0.4, 0.5) is 0 Å².